The van der Waals surface area contributed by atoms with Crippen molar-refractivity contribution < 1.29 is 28.6 Å². The van der Waals surface area contributed by atoms with Crippen LogP contribution in [0.1, 0.15) is 24.2 Å². The van der Waals surface area contributed by atoms with Gasteiger partial charge in [-0.3, -0.25) is 10.1 Å². The van der Waals surface area contributed by atoms with Crippen LogP contribution < -0.4 is 20.5 Å². The summed E-state index contributed by atoms with van der Waals surface area (Å²) in [5.41, 5.74) is 5.01. The summed E-state index contributed by atoms with van der Waals surface area (Å²) in [7, 11) is 2.82. The van der Waals surface area contributed by atoms with Gasteiger partial charge in [-0.15, -0.1) is 0 Å². The zero-order chi connectivity index (χ0) is 17.6. The van der Waals surface area contributed by atoms with Crippen LogP contribution >= 0.6 is 0 Å². The average molecular weight is 324 g/mol. The van der Waals surface area contributed by atoms with Crippen LogP contribution in [-0.4, -0.2) is 38.2 Å². The van der Waals surface area contributed by atoms with E-state index in [-0.39, 0.29) is 17.2 Å². The maximum absolute atomic E-state index is 12.3. The minimum absolute atomic E-state index is 0.101. The molecule has 126 valence electrons. The number of primary amides is 1. The molecule has 1 atom stereocenters. The molecular formula is C15H20N2O6. The molecule has 0 aliphatic heterocycles. The monoisotopic (exact) mass is 324 g/mol. The fourth-order valence-corrected chi connectivity index (χ4v) is 1.91. The highest BCUT2D eigenvalue weighted by Gasteiger charge is 2.29. The van der Waals surface area contributed by atoms with Gasteiger partial charge in [0, 0.05) is 0 Å². The number of esters is 1. The van der Waals surface area contributed by atoms with E-state index in [4.69, 9.17) is 19.9 Å². The lowest BCUT2D eigenvalue weighted by Gasteiger charge is -2.20. The number of carbonyl (C=O) groups excluding carboxylic acids is 3. The third-order valence-electron chi connectivity index (χ3n) is 2.97. The minimum atomic E-state index is -1.18. The number of carbonyl (C=O) groups is 3. The summed E-state index contributed by atoms with van der Waals surface area (Å²) in [4.78, 5) is 35.0. The van der Waals surface area contributed by atoms with Gasteiger partial charge in [-0.1, -0.05) is 19.9 Å². The molecule has 0 aliphatic rings. The van der Waals surface area contributed by atoms with Crippen LogP contribution in [0, 0.1) is 5.92 Å². The first-order chi connectivity index (χ1) is 10.8. The van der Waals surface area contributed by atoms with E-state index in [2.05, 4.69) is 0 Å². The van der Waals surface area contributed by atoms with Gasteiger partial charge in [0.2, 0.25) is 0 Å². The molecule has 1 aromatic carbocycles. The number of ether oxygens (including phenoxy) is 3. The predicted molar refractivity (Wildman–Crippen MR) is 81.3 cm³/mol. The normalized spacial score (nSPS) is 11.5. The average Bonchev–Trinajstić information content (AvgIpc) is 2.50. The third-order valence-corrected chi connectivity index (χ3v) is 2.97. The highest BCUT2D eigenvalue weighted by Crippen LogP contribution is 2.31. The van der Waals surface area contributed by atoms with Crippen molar-refractivity contribution in [2.24, 2.45) is 11.7 Å². The molecule has 1 rings (SSSR count). The number of imide groups is 1. The number of rotatable bonds is 6. The SMILES string of the molecule is COc1cccc(C(=O)O[C@H](C(=O)NC(N)=O)C(C)C)c1OC. The van der Waals surface area contributed by atoms with Gasteiger partial charge < -0.3 is 19.9 Å². The van der Waals surface area contributed by atoms with Gasteiger partial charge in [0.1, 0.15) is 5.56 Å². The summed E-state index contributed by atoms with van der Waals surface area (Å²) < 4.78 is 15.5. The van der Waals surface area contributed by atoms with E-state index in [9.17, 15) is 14.4 Å². The van der Waals surface area contributed by atoms with Crippen LogP contribution in [0.25, 0.3) is 0 Å². The first-order valence-corrected chi connectivity index (χ1v) is 6.84. The molecule has 0 heterocycles. The van der Waals surface area contributed by atoms with E-state index in [1.54, 1.807) is 26.0 Å². The summed E-state index contributed by atoms with van der Waals surface area (Å²) in [6.45, 7) is 3.34. The quantitative estimate of drug-likeness (QED) is 0.756. The van der Waals surface area contributed by atoms with Crippen LogP contribution in [-0.2, 0) is 9.53 Å². The summed E-state index contributed by atoms with van der Waals surface area (Å²) in [6, 6.07) is 3.67. The number of nitrogens with two attached hydrogens (primary N) is 1. The van der Waals surface area contributed by atoms with Crippen LogP contribution in [0.5, 0.6) is 11.5 Å². The standard InChI is InChI=1S/C15H20N2O6/c1-8(2)11(13(18)17-15(16)20)23-14(19)9-6-5-7-10(21-3)12(9)22-4/h5-8,11H,1-4H3,(H3,16,17,18,20)/t11-/m0/s1. The third kappa shape index (κ3) is 4.60. The second kappa shape index (κ2) is 8.02. The number of para-hydroxylation sites is 1. The lowest BCUT2D eigenvalue weighted by molar-refractivity contribution is -0.130. The van der Waals surface area contributed by atoms with Crippen molar-refractivity contribution in [2.75, 3.05) is 14.2 Å². The molecule has 0 bridgehead atoms. The molecule has 8 nitrogen and oxygen atoms in total. The first kappa shape index (κ1) is 18.3. The maximum Gasteiger partial charge on any atom is 0.342 e. The van der Waals surface area contributed by atoms with Gasteiger partial charge in [-0.2, -0.15) is 0 Å². The molecule has 0 saturated heterocycles. The van der Waals surface area contributed by atoms with Crippen molar-refractivity contribution >= 4 is 17.9 Å². The Morgan fingerprint density at radius 3 is 2.26 bits per heavy atom. The number of nitrogens with one attached hydrogen (secondary N) is 1. The molecule has 8 heteroatoms. The zero-order valence-corrected chi connectivity index (χ0v) is 13.4. The lowest BCUT2D eigenvalue weighted by atomic mass is 10.1. The van der Waals surface area contributed by atoms with Gasteiger partial charge in [-0.05, 0) is 18.1 Å². The van der Waals surface area contributed by atoms with Crippen LogP contribution in [0.3, 0.4) is 0 Å². The Bertz CT molecular complexity index is 600. The highest BCUT2D eigenvalue weighted by atomic mass is 16.6. The Balaban J connectivity index is 3.04. The van der Waals surface area contributed by atoms with Crippen LogP contribution in [0.15, 0.2) is 18.2 Å². The highest BCUT2D eigenvalue weighted by molar-refractivity contribution is 5.99. The van der Waals surface area contributed by atoms with Crippen LogP contribution in [0.2, 0.25) is 0 Å². The molecule has 23 heavy (non-hydrogen) atoms. The zero-order valence-electron chi connectivity index (χ0n) is 13.4. The summed E-state index contributed by atoms with van der Waals surface area (Å²) in [6.07, 6.45) is -1.18. The lowest BCUT2D eigenvalue weighted by Crippen LogP contribution is -2.45. The van der Waals surface area contributed by atoms with Crippen molar-refractivity contribution in [3.63, 3.8) is 0 Å². The van der Waals surface area contributed by atoms with Crippen LogP contribution in [0.4, 0.5) is 4.79 Å². The molecule has 0 aromatic heterocycles. The van der Waals surface area contributed by atoms with Crippen molar-refractivity contribution in [1.29, 1.82) is 0 Å². The second-order valence-corrected chi connectivity index (χ2v) is 4.96. The molecule has 3 N–H and O–H groups in total. The molecule has 0 spiro atoms. The van der Waals surface area contributed by atoms with Gasteiger partial charge in [0.05, 0.1) is 14.2 Å². The van der Waals surface area contributed by atoms with E-state index in [0.717, 1.165) is 0 Å². The molecule has 3 amide bonds. The minimum Gasteiger partial charge on any atom is -0.493 e. The van der Waals surface area contributed by atoms with Gasteiger partial charge in [-0.25, -0.2) is 9.59 Å². The fourth-order valence-electron chi connectivity index (χ4n) is 1.91. The Kier molecular flexibility index (Phi) is 6.37. The van der Waals surface area contributed by atoms with E-state index in [0.29, 0.717) is 5.75 Å². The van der Waals surface area contributed by atoms with Gasteiger partial charge >= 0.3 is 12.0 Å². The summed E-state index contributed by atoms with van der Waals surface area (Å²) >= 11 is 0. The molecular weight excluding hydrogens is 304 g/mol. The number of benzene rings is 1. The van der Waals surface area contributed by atoms with E-state index in [1.807, 2.05) is 5.32 Å². The maximum atomic E-state index is 12.3. The largest absolute Gasteiger partial charge is 0.493 e. The molecule has 1 aromatic rings. The fraction of sp³-hybridized carbons (Fsp3) is 0.400. The molecule has 0 radical (unpaired) electrons. The van der Waals surface area contributed by atoms with Crippen molar-refractivity contribution in [1.82, 2.24) is 5.32 Å². The summed E-state index contributed by atoms with van der Waals surface area (Å²) in [5.74, 6) is -1.39. The molecule has 0 fully saturated rings. The Labute approximate surface area is 133 Å². The van der Waals surface area contributed by atoms with E-state index in [1.165, 1.54) is 20.3 Å². The molecule has 0 saturated carbocycles. The topological polar surface area (TPSA) is 117 Å². The van der Waals surface area contributed by atoms with E-state index < -0.39 is 24.0 Å². The van der Waals surface area contributed by atoms with Crippen molar-refractivity contribution in [3.8, 4) is 11.5 Å². The number of hydrogen-bond donors (Lipinski definition) is 2. The second-order valence-electron chi connectivity index (χ2n) is 4.96. The predicted octanol–water partition coefficient (Wildman–Crippen LogP) is 1.08. The van der Waals surface area contributed by atoms with Crippen molar-refractivity contribution in [3.05, 3.63) is 23.8 Å². The number of methoxy groups -OCH3 is 2. The first-order valence-electron chi connectivity index (χ1n) is 6.84. The van der Waals surface area contributed by atoms with E-state index >= 15 is 0 Å². The van der Waals surface area contributed by atoms with Crippen molar-refractivity contribution in [2.45, 2.75) is 20.0 Å². The van der Waals surface area contributed by atoms with Gasteiger partial charge in [0.15, 0.2) is 17.6 Å². The molecule has 0 aliphatic carbocycles. The smallest absolute Gasteiger partial charge is 0.342 e. The molecule has 0 unspecified atom stereocenters. The Hall–Kier alpha value is -2.77. The number of urea groups is 1. The Morgan fingerprint density at radius 1 is 1.13 bits per heavy atom. The van der Waals surface area contributed by atoms with Gasteiger partial charge in [0.25, 0.3) is 5.91 Å². The summed E-state index contributed by atoms with van der Waals surface area (Å²) in [5, 5.41) is 1.90. The number of amides is 3. The Morgan fingerprint density at radius 2 is 1.78 bits per heavy atom. The number of hydrogen-bond acceptors (Lipinski definition) is 6.